The van der Waals surface area contributed by atoms with Gasteiger partial charge < -0.3 is 15.1 Å². The fourth-order valence-electron chi connectivity index (χ4n) is 3.53. The van der Waals surface area contributed by atoms with E-state index in [4.69, 9.17) is 0 Å². The summed E-state index contributed by atoms with van der Waals surface area (Å²) in [5.41, 5.74) is 2.78. The first-order valence-corrected chi connectivity index (χ1v) is 11.9. The van der Waals surface area contributed by atoms with E-state index in [2.05, 4.69) is 34.3 Å². The molecule has 0 spiro atoms. The fourth-order valence-corrected chi connectivity index (χ4v) is 4.13. The van der Waals surface area contributed by atoms with E-state index in [1.165, 1.54) is 12.7 Å². The van der Waals surface area contributed by atoms with Gasteiger partial charge in [0, 0.05) is 45.5 Å². The van der Waals surface area contributed by atoms with Crippen LogP contribution < -0.4 is 10.2 Å². The molecule has 1 N–H and O–H groups in total. The fraction of sp³-hybridized carbons (Fsp3) is 0.409. The van der Waals surface area contributed by atoms with Crippen molar-refractivity contribution in [1.29, 1.82) is 0 Å². The van der Waals surface area contributed by atoms with Gasteiger partial charge in [0.2, 0.25) is 15.9 Å². The lowest BCUT2D eigenvalue weighted by molar-refractivity contribution is -0.124. The summed E-state index contributed by atoms with van der Waals surface area (Å²) >= 11 is 0. The van der Waals surface area contributed by atoms with Gasteiger partial charge in [0.15, 0.2) is 0 Å². The van der Waals surface area contributed by atoms with Gasteiger partial charge in [-0.1, -0.05) is 42.5 Å². The molecule has 2 aromatic rings. The van der Waals surface area contributed by atoms with Crippen molar-refractivity contribution >= 4 is 21.6 Å². The van der Waals surface area contributed by atoms with Crippen LogP contribution in [0.15, 0.2) is 54.6 Å². The van der Waals surface area contributed by atoms with Crippen LogP contribution in [0.3, 0.4) is 0 Å². The molecule has 0 radical (unpaired) electrons. The van der Waals surface area contributed by atoms with Crippen LogP contribution in [-0.2, 0) is 21.4 Å². The zero-order valence-corrected chi connectivity index (χ0v) is 18.6. The van der Waals surface area contributed by atoms with Crippen molar-refractivity contribution in [3.05, 3.63) is 65.7 Å². The average molecular weight is 431 g/mol. The Bertz CT molecular complexity index is 940. The van der Waals surface area contributed by atoms with Crippen molar-refractivity contribution in [3.8, 4) is 0 Å². The molecule has 1 amide bonds. The van der Waals surface area contributed by atoms with E-state index in [9.17, 15) is 13.2 Å². The summed E-state index contributed by atoms with van der Waals surface area (Å²) in [5, 5.41) is 2.89. The van der Waals surface area contributed by atoms with Gasteiger partial charge in [-0.2, -0.15) is 4.31 Å². The molecule has 1 aliphatic rings. The molecule has 0 unspecified atom stereocenters. The number of sulfonamides is 1. The van der Waals surface area contributed by atoms with Gasteiger partial charge in [-0.05, 0) is 30.3 Å². The SMILES string of the molecule is CN1CCN(c2ccc(CNC(=O)[C@H](c3ccccc3)N(C)S(C)(=O)=O)cc2)CC1. The molecule has 0 aromatic heterocycles. The Labute approximate surface area is 179 Å². The highest BCUT2D eigenvalue weighted by Gasteiger charge is 2.30. The van der Waals surface area contributed by atoms with E-state index in [-0.39, 0.29) is 5.91 Å². The largest absolute Gasteiger partial charge is 0.369 e. The van der Waals surface area contributed by atoms with Crippen molar-refractivity contribution < 1.29 is 13.2 Å². The van der Waals surface area contributed by atoms with Crippen LogP contribution in [0.5, 0.6) is 0 Å². The van der Waals surface area contributed by atoms with Gasteiger partial charge in [0.1, 0.15) is 6.04 Å². The number of amides is 1. The van der Waals surface area contributed by atoms with Gasteiger partial charge >= 0.3 is 0 Å². The summed E-state index contributed by atoms with van der Waals surface area (Å²) < 4.78 is 25.2. The second kappa shape index (κ2) is 9.59. The molecule has 1 atom stereocenters. The normalized spacial score (nSPS) is 16.5. The van der Waals surface area contributed by atoms with E-state index in [0.29, 0.717) is 12.1 Å². The minimum atomic E-state index is -3.54. The number of hydrogen-bond acceptors (Lipinski definition) is 5. The van der Waals surface area contributed by atoms with E-state index < -0.39 is 16.1 Å². The Morgan fingerprint density at radius 1 is 1.03 bits per heavy atom. The molecule has 1 aliphatic heterocycles. The molecule has 162 valence electrons. The predicted molar refractivity (Wildman–Crippen MR) is 120 cm³/mol. The number of nitrogens with zero attached hydrogens (tertiary/aromatic N) is 3. The minimum absolute atomic E-state index is 0.336. The van der Waals surface area contributed by atoms with Crippen LogP contribution in [0.1, 0.15) is 17.2 Å². The standard InChI is InChI=1S/C22H30N4O3S/c1-24-13-15-26(16-14-24)20-11-9-18(10-12-20)17-23-22(27)21(25(2)30(3,28)29)19-7-5-4-6-8-19/h4-12,21H,13-17H2,1-3H3,(H,23,27)/t21-/m0/s1. The maximum Gasteiger partial charge on any atom is 0.243 e. The number of carbonyl (C=O) groups is 1. The Morgan fingerprint density at radius 3 is 2.20 bits per heavy atom. The van der Waals surface area contributed by atoms with E-state index in [1.54, 1.807) is 24.3 Å². The summed E-state index contributed by atoms with van der Waals surface area (Å²) in [6.45, 7) is 4.44. The summed E-state index contributed by atoms with van der Waals surface area (Å²) in [5.74, 6) is -0.350. The first-order valence-electron chi connectivity index (χ1n) is 10.0. The number of anilines is 1. The van der Waals surface area contributed by atoms with E-state index in [0.717, 1.165) is 42.3 Å². The number of benzene rings is 2. The lowest BCUT2D eigenvalue weighted by Crippen LogP contribution is -2.44. The van der Waals surface area contributed by atoms with Crippen molar-refractivity contribution in [2.75, 3.05) is 51.4 Å². The van der Waals surface area contributed by atoms with Crippen LogP contribution in [0.4, 0.5) is 5.69 Å². The van der Waals surface area contributed by atoms with Crippen molar-refractivity contribution in [1.82, 2.24) is 14.5 Å². The van der Waals surface area contributed by atoms with Crippen LogP contribution in [-0.4, -0.2) is 70.1 Å². The van der Waals surface area contributed by atoms with Crippen molar-refractivity contribution in [2.24, 2.45) is 0 Å². The molecule has 1 heterocycles. The molecule has 8 heteroatoms. The first-order chi connectivity index (χ1) is 14.3. The quantitative estimate of drug-likeness (QED) is 0.724. The molecular weight excluding hydrogens is 400 g/mol. The van der Waals surface area contributed by atoms with Gasteiger partial charge in [-0.25, -0.2) is 8.42 Å². The van der Waals surface area contributed by atoms with Crippen LogP contribution >= 0.6 is 0 Å². The molecule has 0 saturated carbocycles. The maximum absolute atomic E-state index is 12.9. The van der Waals surface area contributed by atoms with Gasteiger partial charge in [0.05, 0.1) is 6.26 Å². The van der Waals surface area contributed by atoms with Crippen LogP contribution in [0.25, 0.3) is 0 Å². The zero-order valence-electron chi connectivity index (χ0n) is 17.8. The molecular formula is C22H30N4O3S. The highest BCUT2D eigenvalue weighted by atomic mass is 32.2. The molecule has 2 aromatic carbocycles. The second-order valence-corrected chi connectivity index (χ2v) is 9.81. The van der Waals surface area contributed by atoms with Gasteiger partial charge in [0.25, 0.3) is 0 Å². The number of hydrogen-bond donors (Lipinski definition) is 1. The summed E-state index contributed by atoms with van der Waals surface area (Å²) in [4.78, 5) is 17.6. The Morgan fingerprint density at radius 2 is 1.63 bits per heavy atom. The molecule has 30 heavy (non-hydrogen) atoms. The summed E-state index contributed by atoms with van der Waals surface area (Å²) in [6, 6.07) is 16.2. The number of piperazine rings is 1. The van der Waals surface area contributed by atoms with Crippen molar-refractivity contribution in [2.45, 2.75) is 12.6 Å². The smallest absolute Gasteiger partial charge is 0.243 e. The molecule has 0 aliphatic carbocycles. The number of likely N-dealkylation sites (N-methyl/N-ethyl adjacent to an activating group) is 2. The second-order valence-electron chi connectivity index (χ2n) is 7.77. The maximum atomic E-state index is 12.9. The van der Waals surface area contributed by atoms with E-state index >= 15 is 0 Å². The highest BCUT2D eigenvalue weighted by Crippen LogP contribution is 2.22. The monoisotopic (exact) mass is 430 g/mol. The number of carbonyl (C=O) groups excluding carboxylic acids is 1. The topological polar surface area (TPSA) is 73.0 Å². The third kappa shape index (κ3) is 5.59. The molecule has 1 saturated heterocycles. The molecule has 3 rings (SSSR count). The lowest BCUT2D eigenvalue weighted by Gasteiger charge is -2.34. The molecule has 1 fully saturated rings. The predicted octanol–water partition coefficient (Wildman–Crippen LogP) is 1.69. The zero-order chi connectivity index (χ0) is 21.7. The Balaban J connectivity index is 1.66. The number of nitrogens with one attached hydrogen (secondary N) is 1. The minimum Gasteiger partial charge on any atom is -0.369 e. The van der Waals surface area contributed by atoms with E-state index in [1.807, 2.05) is 18.2 Å². The summed E-state index contributed by atoms with van der Waals surface area (Å²) in [7, 11) is 0.0234. The molecule has 0 bridgehead atoms. The van der Waals surface area contributed by atoms with Gasteiger partial charge in [-0.3, -0.25) is 4.79 Å². The van der Waals surface area contributed by atoms with Crippen LogP contribution in [0, 0.1) is 0 Å². The van der Waals surface area contributed by atoms with Gasteiger partial charge in [-0.15, -0.1) is 0 Å². The average Bonchev–Trinajstić information content (AvgIpc) is 2.73. The third-order valence-corrected chi connectivity index (χ3v) is 6.78. The third-order valence-electron chi connectivity index (χ3n) is 5.52. The Kier molecular flexibility index (Phi) is 7.12. The first kappa shape index (κ1) is 22.3. The lowest BCUT2D eigenvalue weighted by atomic mass is 10.1. The van der Waals surface area contributed by atoms with Crippen LogP contribution in [0.2, 0.25) is 0 Å². The summed E-state index contributed by atoms with van der Waals surface area (Å²) in [6.07, 6.45) is 1.10. The number of rotatable bonds is 7. The molecule has 7 nitrogen and oxygen atoms in total. The highest BCUT2D eigenvalue weighted by molar-refractivity contribution is 7.88. The Hall–Kier alpha value is -2.42. The van der Waals surface area contributed by atoms with Crippen molar-refractivity contribution in [3.63, 3.8) is 0 Å².